The summed E-state index contributed by atoms with van der Waals surface area (Å²) < 4.78 is 0. The molecule has 0 bridgehead atoms. The number of aromatic nitrogens is 1. The zero-order valence-electron chi connectivity index (χ0n) is 6.72. The van der Waals surface area contributed by atoms with Gasteiger partial charge in [-0.15, -0.1) is 11.3 Å². The van der Waals surface area contributed by atoms with Crippen molar-refractivity contribution in [2.45, 2.75) is 19.8 Å². The van der Waals surface area contributed by atoms with E-state index in [2.05, 4.69) is 31.0 Å². The van der Waals surface area contributed by atoms with E-state index < -0.39 is 0 Å². The predicted molar refractivity (Wildman–Crippen MR) is 50.3 cm³/mol. The quantitative estimate of drug-likeness (QED) is 0.667. The summed E-state index contributed by atoms with van der Waals surface area (Å²) >= 11 is 1.86. The second-order valence-corrected chi connectivity index (χ2v) is 4.15. The highest BCUT2D eigenvalue weighted by atomic mass is 32.1. The first kappa shape index (κ1) is 6.92. The van der Waals surface area contributed by atoms with E-state index in [1.807, 2.05) is 17.5 Å². The average Bonchev–Trinajstić information content (AvgIpc) is 2.40. The zero-order valence-corrected chi connectivity index (χ0v) is 7.53. The molecule has 0 aliphatic carbocycles. The van der Waals surface area contributed by atoms with Crippen LogP contribution in [0.5, 0.6) is 0 Å². The van der Waals surface area contributed by atoms with E-state index >= 15 is 0 Å². The monoisotopic (exact) mass is 165 g/mol. The smallest absolute Gasteiger partial charge is 0.0999 e. The predicted octanol–water partition coefficient (Wildman–Crippen LogP) is 3.35. The molecular weight excluding hydrogens is 154 g/mol. The maximum absolute atomic E-state index is 3.21. The van der Waals surface area contributed by atoms with E-state index in [-0.39, 0.29) is 0 Å². The van der Waals surface area contributed by atoms with Gasteiger partial charge in [-0.1, -0.05) is 13.8 Å². The fourth-order valence-corrected chi connectivity index (χ4v) is 2.18. The normalized spacial score (nSPS) is 11.5. The van der Waals surface area contributed by atoms with Gasteiger partial charge in [-0.25, -0.2) is 0 Å². The van der Waals surface area contributed by atoms with Gasteiger partial charge < -0.3 is 4.98 Å². The largest absolute Gasteiger partial charge is 0.353 e. The molecule has 58 valence electrons. The Kier molecular flexibility index (Phi) is 1.50. The summed E-state index contributed by atoms with van der Waals surface area (Å²) in [6, 6.07) is 4.39. The molecule has 0 aliphatic heterocycles. The first-order valence-corrected chi connectivity index (χ1v) is 4.66. The Labute approximate surface area is 70.1 Å². The second kappa shape index (κ2) is 2.38. The minimum Gasteiger partial charge on any atom is -0.353 e. The lowest BCUT2D eigenvalue weighted by molar-refractivity contribution is 0.890. The topological polar surface area (TPSA) is 15.8 Å². The summed E-state index contributed by atoms with van der Waals surface area (Å²) in [6.07, 6.45) is 1.99. The number of thiophene rings is 1. The van der Waals surface area contributed by atoms with E-state index in [1.54, 1.807) is 0 Å². The van der Waals surface area contributed by atoms with Crippen molar-refractivity contribution in [3.8, 4) is 0 Å². The Bertz CT molecular complexity index is 328. The van der Waals surface area contributed by atoms with E-state index in [0.29, 0.717) is 5.92 Å². The van der Waals surface area contributed by atoms with Crippen LogP contribution in [0.3, 0.4) is 0 Å². The van der Waals surface area contributed by atoms with Crippen molar-refractivity contribution < 1.29 is 0 Å². The molecular formula is C9H11NS. The number of hydrogen-bond acceptors (Lipinski definition) is 1. The Morgan fingerprint density at radius 3 is 2.91 bits per heavy atom. The first-order valence-electron chi connectivity index (χ1n) is 3.84. The standard InChI is InChI=1S/C9H11NS/c1-6(2)8-5-7-3-4-10-9(7)11-8/h3-6,10H,1-2H3. The van der Waals surface area contributed by atoms with Crippen LogP contribution in [-0.4, -0.2) is 4.98 Å². The molecule has 0 unspecified atom stereocenters. The van der Waals surface area contributed by atoms with E-state index in [4.69, 9.17) is 0 Å². The van der Waals surface area contributed by atoms with Crippen LogP contribution in [0.2, 0.25) is 0 Å². The van der Waals surface area contributed by atoms with Gasteiger partial charge in [-0.05, 0) is 18.1 Å². The number of fused-ring (bicyclic) bond motifs is 1. The van der Waals surface area contributed by atoms with Crippen LogP contribution in [0.1, 0.15) is 24.6 Å². The Morgan fingerprint density at radius 1 is 1.45 bits per heavy atom. The van der Waals surface area contributed by atoms with Crippen molar-refractivity contribution in [1.82, 2.24) is 4.98 Å². The first-order chi connectivity index (χ1) is 5.27. The van der Waals surface area contributed by atoms with Gasteiger partial charge in [0, 0.05) is 16.5 Å². The van der Waals surface area contributed by atoms with Crippen molar-refractivity contribution in [3.63, 3.8) is 0 Å². The lowest BCUT2D eigenvalue weighted by Crippen LogP contribution is -1.77. The van der Waals surface area contributed by atoms with Crippen molar-refractivity contribution in [1.29, 1.82) is 0 Å². The zero-order chi connectivity index (χ0) is 7.84. The van der Waals surface area contributed by atoms with E-state index in [1.165, 1.54) is 15.1 Å². The molecule has 0 spiro atoms. The van der Waals surface area contributed by atoms with Crippen LogP contribution < -0.4 is 0 Å². The van der Waals surface area contributed by atoms with Crippen LogP contribution in [0, 0.1) is 0 Å². The molecule has 2 heterocycles. The van der Waals surface area contributed by atoms with Crippen LogP contribution in [0.25, 0.3) is 10.2 Å². The maximum Gasteiger partial charge on any atom is 0.0999 e. The molecule has 0 aliphatic rings. The maximum atomic E-state index is 3.21. The van der Waals surface area contributed by atoms with Gasteiger partial charge in [-0.3, -0.25) is 0 Å². The van der Waals surface area contributed by atoms with Crippen LogP contribution in [0.15, 0.2) is 18.3 Å². The van der Waals surface area contributed by atoms with Crippen LogP contribution >= 0.6 is 11.3 Å². The molecule has 0 fully saturated rings. The highest BCUT2D eigenvalue weighted by molar-refractivity contribution is 7.18. The molecule has 2 heteroatoms. The SMILES string of the molecule is CC(C)c1cc2cc[nH]c2s1. The van der Waals surface area contributed by atoms with Crippen molar-refractivity contribution in [2.75, 3.05) is 0 Å². The summed E-state index contributed by atoms with van der Waals surface area (Å²) in [5.41, 5.74) is 0. The number of hydrogen-bond donors (Lipinski definition) is 1. The van der Waals surface area contributed by atoms with E-state index in [0.717, 1.165) is 0 Å². The number of H-pyrrole nitrogens is 1. The summed E-state index contributed by atoms with van der Waals surface area (Å²) in [4.78, 5) is 5.98. The van der Waals surface area contributed by atoms with Gasteiger partial charge in [0.05, 0.1) is 4.83 Å². The fourth-order valence-electron chi connectivity index (χ4n) is 1.15. The highest BCUT2D eigenvalue weighted by Crippen LogP contribution is 2.29. The average molecular weight is 165 g/mol. The number of aromatic amines is 1. The highest BCUT2D eigenvalue weighted by Gasteiger charge is 2.04. The Hall–Kier alpha value is -0.760. The molecule has 11 heavy (non-hydrogen) atoms. The lowest BCUT2D eigenvalue weighted by Gasteiger charge is -1.96. The Morgan fingerprint density at radius 2 is 2.27 bits per heavy atom. The number of rotatable bonds is 1. The molecule has 0 saturated heterocycles. The number of nitrogens with one attached hydrogen (secondary N) is 1. The minimum atomic E-state index is 0.654. The summed E-state index contributed by atoms with van der Waals surface area (Å²) in [6.45, 7) is 4.45. The molecule has 0 aromatic carbocycles. The second-order valence-electron chi connectivity index (χ2n) is 3.07. The molecule has 0 saturated carbocycles. The third-order valence-corrected chi connectivity index (χ3v) is 3.21. The van der Waals surface area contributed by atoms with Gasteiger partial charge in [0.25, 0.3) is 0 Å². The van der Waals surface area contributed by atoms with Gasteiger partial charge in [0.1, 0.15) is 0 Å². The molecule has 2 rings (SSSR count). The summed E-state index contributed by atoms with van der Waals surface area (Å²) in [7, 11) is 0. The third kappa shape index (κ3) is 1.07. The fraction of sp³-hybridized carbons (Fsp3) is 0.333. The molecule has 2 aromatic heterocycles. The van der Waals surface area contributed by atoms with Gasteiger partial charge in [0.15, 0.2) is 0 Å². The Balaban J connectivity index is 2.58. The minimum absolute atomic E-state index is 0.654. The van der Waals surface area contributed by atoms with Gasteiger partial charge in [0.2, 0.25) is 0 Å². The molecule has 1 N–H and O–H groups in total. The summed E-state index contributed by atoms with van der Waals surface area (Å²) in [5.74, 6) is 0.654. The molecule has 0 atom stereocenters. The lowest BCUT2D eigenvalue weighted by atomic mass is 10.2. The summed E-state index contributed by atoms with van der Waals surface area (Å²) in [5, 5.41) is 1.35. The third-order valence-electron chi connectivity index (χ3n) is 1.83. The van der Waals surface area contributed by atoms with Crippen molar-refractivity contribution >= 4 is 21.6 Å². The molecule has 0 radical (unpaired) electrons. The molecule has 0 amide bonds. The molecule has 2 aromatic rings. The van der Waals surface area contributed by atoms with E-state index in [9.17, 15) is 0 Å². The van der Waals surface area contributed by atoms with Crippen LogP contribution in [-0.2, 0) is 0 Å². The molecule has 1 nitrogen and oxygen atoms in total. The van der Waals surface area contributed by atoms with Gasteiger partial charge >= 0.3 is 0 Å². The van der Waals surface area contributed by atoms with Crippen molar-refractivity contribution in [3.05, 3.63) is 23.2 Å². The van der Waals surface area contributed by atoms with Gasteiger partial charge in [-0.2, -0.15) is 0 Å². The van der Waals surface area contributed by atoms with Crippen molar-refractivity contribution in [2.24, 2.45) is 0 Å². The van der Waals surface area contributed by atoms with Crippen LogP contribution in [0.4, 0.5) is 0 Å².